The molecule has 0 bridgehead atoms. The van der Waals surface area contributed by atoms with Gasteiger partial charge in [0.2, 0.25) is 0 Å². The van der Waals surface area contributed by atoms with Gasteiger partial charge in [-0.2, -0.15) is 0 Å². The number of carbonyl (C=O) groups excluding carboxylic acids is 2. The van der Waals surface area contributed by atoms with Crippen LogP contribution in [0.1, 0.15) is 10.4 Å². The number of anilines is 2. The molecule has 0 aliphatic carbocycles. The highest BCUT2D eigenvalue weighted by molar-refractivity contribution is 9.11. The molecule has 2 aromatic rings. The Hall–Kier alpha value is -1.38. The molecule has 120 valence electrons. The molecule has 5 nitrogen and oxygen atoms in total. The van der Waals surface area contributed by atoms with Crippen molar-refractivity contribution in [3.05, 3.63) is 55.4 Å². The number of amides is 3. The van der Waals surface area contributed by atoms with Crippen LogP contribution in [0.4, 0.5) is 16.2 Å². The Labute approximate surface area is 158 Å². The quantitative estimate of drug-likeness (QED) is 0.551. The van der Waals surface area contributed by atoms with Crippen molar-refractivity contribution < 1.29 is 9.59 Å². The van der Waals surface area contributed by atoms with Crippen molar-refractivity contribution in [3.8, 4) is 0 Å². The molecule has 3 amide bonds. The second kappa shape index (κ2) is 7.94. The zero-order valence-corrected chi connectivity index (χ0v) is 16.7. The van der Waals surface area contributed by atoms with Gasteiger partial charge in [0.25, 0.3) is 5.91 Å². The summed E-state index contributed by atoms with van der Waals surface area (Å²) in [5.41, 5.74) is 1.40. The number of urea groups is 1. The standard InChI is InChI=1S/C15H12Br3N3O2/c1-19-14(22)12-3-2-8(16)7-13(12)21-15(23)20-11-5-9(17)4-10(18)6-11/h2-7H,1H3,(H,19,22)(H2,20,21,23). The summed E-state index contributed by atoms with van der Waals surface area (Å²) in [6.45, 7) is 0. The first-order valence-corrected chi connectivity index (χ1v) is 8.82. The van der Waals surface area contributed by atoms with Gasteiger partial charge >= 0.3 is 6.03 Å². The van der Waals surface area contributed by atoms with Crippen LogP contribution in [-0.2, 0) is 0 Å². The van der Waals surface area contributed by atoms with Crippen LogP contribution in [0.3, 0.4) is 0 Å². The van der Waals surface area contributed by atoms with Crippen LogP contribution >= 0.6 is 47.8 Å². The van der Waals surface area contributed by atoms with E-state index in [4.69, 9.17) is 0 Å². The number of benzene rings is 2. The first-order chi connectivity index (χ1) is 10.9. The van der Waals surface area contributed by atoms with E-state index in [1.165, 1.54) is 7.05 Å². The minimum Gasteiger partial charge on any atom is -0.355 e. The average Bonchev–Trinajstić information content (AvgIpc) is 2.45. The second-order valence-electron chi connectivity index (χ2n) is 4.51. The number of carbonyl (C=O) groups is 2. The summed E-state index contributed by atoms with van der Waals surface area (Å²) >= 11 is 10.0. The van der Waals surface area contributed by atoms with Crippen molar-refractivity contribution >= 4 is 71.1 Å². The van der Waals surface area contributed by atoms with Gasteiger partial charge in [-0.25, -0.2) is 4.79 Å². The van der Waals surface area contributed by atoms with Crippen LogP contribution in [0.15, 0.2) is 49.8 Å². The number of hydrogen-bond acceptors (Lipinski definition) is 2. The SMILES string of the molecule is CNC(=O)c1ccc(Br)cc1NC(=O)Nc1cc(Br)cc(Br)c1. The van der Waals surface area contributed by atoms with Gasteiger partial charge in [-0.15, -0.1) is 0 Å². The molecule has 0 saturated carbocycles. The largest absolute Gasteiger partial charge is 0.355 e. The molecule has 0 spiro atoms. The maximum absolute atomic E-state index is 12.2. The highest BCUT2D eigenvalue weighted by Crippen LogP contribution is 2.24. The van der Waals surface area contributed by atoms with E-state index in [1.807, 2.05) is 6.07 Å². The summed E-state index contributed by atoms with van der Waals surface area (Å²) in [6, 6.07) is 9.99. The van der Waals surface area contributed by atoms with Gasteiger partial charge in [-0.3, -0.25) is 4.79 Å². The Morgan fingerprint density at radius 1 is 0.870 bits per heavy atom. The summed E-state index contributed by atoms with van der Waals surface area (Å²) in [7, 11) is 1.53. The molecule has 2 aromatic carbocycles. The molecule has 23 heavy (non-hydrogen) atoms. The molecule has 0 aliphatic rings. The number of halogens is 3. The van der Waals surface area contributed by atoms with Gasteiger partial charge < -0.3 is 16.0 Å². The Bertz CT molecular complexity index is 745. The Morgan fingerprint density at radius 3 is 2.13 bits per heavy atom. The van der Waals surface area contributed by atoms with E-state index in [9.17, 15) is 9.59 Å². The minimum absolute atomic E-state index is 0.280. The predicted molar refractivity (Wildman–Crippen MR) is 102 cm³/mol. The van der Waals surface area contributed by atoms with E-state index in [0.29, 0.717) is 16.9 Å². The van der Waals surface area contributed by atoms with Gasteiger partial charge in [0, 0.05) is 26.2 Å². The third kappa shape index (κ3) is 5.05. The maximum atomic E-state index is 12.2. The zero-order chi connectivity index (χ0) is 17.0. The van der Waals surface area contributed by atoms with E-state index in [0.717, 1.165) is 13.4 Å². The molecular weight excluding hydrogens is 494 g/mol. The average molecular weight is 506 g/mol. The van der Waals surface area contributed by atoms with Gasteiger partial charge in [-0.1, -0.05) is 47.8 Å². The third-order valence-electron chi connectivity index (χ3n) is 2.82. The summed E-state index contributed by atoms with van der Waals surface area (Å²) in [6.07, 6.45) is 0. The van der Waals surface area contributed by atoms with Gasteiger partial charge in [-0.05, 0) is 36.4 Å². The summed E-state index contributed by atoms with van der Waals surface area (Å²) in [5.74, 6) is -0.280. The lowest BCUT2D eigenvalue weighted by atomic mass is 10.1. The van der Waals surface area contributed by atoms with Crippen LogP contribution in [0.25, 0.3) is 0 Å². The Morgan fingerprint density at radius 2 is 1.52 bits per heavy atom. The van der Waals surface area contributed by atoms with Crippen molar-refractivity contribution in [2.24, 2.45) is 0 Å². The maximum Gasteiger partial charge on any atom is 0.323 e. The molecule has 0 saturated heterocycles. The van der Waals surface area contributed by atoms with Crippen molar-refractivity contribution in [1.29, 1.82) is 0 Å². The van der Waals surface area contributed by atoms with Gasteiger partial charge in [0.1, 0.15) is 0 Å². The van der Waals surface area contributed by atoms with Crippen LogP contribution < -0.4 is 16.0 Å². The lowest BCUT2D eigenvalue weighted by molar-refractivity contribution is 0.0964. The fraction of sp³-hybridized carbons (Fsp3) is 0.0667. The van der Waals surface area contributed by atoms with E-state index < -0.39 is 6.03 Å². The number of rotatable bonds is 3. The van der Waals surface area contributed by atoms with Crippen molar-refractivity contribution in [3.63, 3.8) is 0 Å². The molecule has 0 unspecified atom stereocenters. The fourth-order valence-electron chi connectivity index (χ4n) is 1.86. The summed E-state index contributed by atoms with van der Waals surface area (Å²) < 4.78 is 2.41. The van der Waals surface area contributed by atoms with Crippen LogP contribution in [0.5, 0.6) is 0 Å². The first kappa shape index (κ1) is 18.0. The molecule has 0 radical (unpaired) electrons. The van der Waals surface area contributed by atoms with Crippen molar-refractivity contribution in [2.45, 2.75) is 0 Å². The monoisotopic (exact) mass is 503 g/mol. The molecular formula is C15H12Br3N3O2. The van der Waals surface area contributed by atoms with Crippen molar-refractivity contribution in [1.82, 2.24) is 5.32 Å². The lowest BCUT2D eigenvalue weighted by Gasteiger charge is -2.12. The molecule has 0 aromatic heterocycles. The van der Waals surface area contributed by atoms with Crippen LogP contribution in [0, 0.1) is 0 Å². The topological polar surface area (TPSA) is 70.2 Å². The van der Waals surface area contributed by atoms with Crippen LogP contribution in [-0.4, -0.2) is 19.0 Å². The first-order valence-electron chi connectivity index (χ1n) is 6.45. The molecule has 0 heterocycles. The fourth-order valence-corrected chi connectivity index (χ4v) is 3.52. The molecule has 2 rings (SSSR count). The molecule has 0 fully saturated rings. The molecule has 0 atom stereocenters. The summed E-state index contributed by atoms with van der Waals surface area (Å²) in [4.78, 5) is 24.0. The smallest absolute Gasteiger partial charge is 0.323 e. The molecule has 0 aliphatic heterocycles. The zero-order valence-electron chi connectivity index (χ0n) is 11.9. The third-order valence-corrected chi connectivity index (χ3v) is 4.23. The Kier molecular flexibility index (Phi) is 6.20. The summed E-state index contributed by atoms with van der Waals surface area (Å²) in [5, 5.41) is 7.94. The predicted octanol–water partition coefficient (Wildman–Crippen LogP) is 4.98. The highest BCUT2D eigenvalue weighted by atomic mass is 79.9. The van der Waals surface area contributed by atoms with Crippen molar-refractivity contribution in [2.75, 3.05) is 17.7 Å². The molecule has 8 heteroatoms. The van der Waals surface area contributed by atoms with Gasteiger partial charge in [0.15, 0.2) is 0 Å². The van der Waals surface area contributed by atoms with Gasteiger partial charge in [0.05, 0.1) is 11.3 Å². The number of hydrogen-bond donors (Lipinski definition) is 3. The van der Waals surface area contributed by atoms with E-state index >= 15 is 0 Å². The number of nitrogens with one attached hydrogen (secondary N) is 3. The molecule has 3 N–H and O–H groups in total. The highest BCUT2D eigenvalue weighted by Gasteiger charge is 2.13. The van der Waals surface area contributed by atoms with E-state index in [-0.39, 0.29) is 5.91 Å². The normalized spacial score (nSPS) is 10.1. The lowest BCUT2D eigenvalue weighted by Crippen LogP contribution is -2.24. The van der Waals surface area contributed by atoms with Crippen LogP contribution in [0.2, 0.25) is 0 Å². The second-order valence-corrected chi connectivity index (χ2v) is 7.25. The van der Waals surface area contributed by atoms with E-state index in [1.54, 1.807) is 30.3 Å². The Balaban J connectivity index is 2.19. The van der Waals surface area contributed by atoms with E-state index in [2.05, 4.69) is 63.7 Å². The minimum atomic E-state index is -0.446.